The number of sulfonamides is 1. The van der Waals surface area contributed by atoms with Gasteiger partial charge >= 0.3 is 6.18 Å². The molecule has 0 aromatic heterocycles. The Bertz CT molecular complexity index is 742. The highest BCUT2D eigenvalue weighted by Crippen LogP contribution is 2.42. The fraction of sp³-hybridized carbons (Fsp3) is 0.667. The average Bonchev–Trinajstić information content (AvgIpc) is 2.51. The molecule has 1 aromatic carbocycles. The van der Waals surface area contributed by atoms with Crippen molar-refractivity contribution in [3.8, 4) is 0 Å². The van der Waals surface area contributed by atoms with Gasteiger partial charge in [-0.25, -0.2) is 13.1 Å². The van der Waals surface area contributed by atoms with Crippen LogP contribution in [0.5, 0.6) is 0 Å². The van der Waals surface area contributed by atoms with Crippen LogP contribution in [0.2, 0.25) is 0 Å². The second-order valence-electron chi connectivity index (χ2n) is 8.01. The molecule has 3 nitrogen and oxygen atoms in total. The van der Waals surface area contributed by atoms with Crippen LogP contribution in [-0.4, -0.2) is 15.0 Å². The zero-order valence-electron chi connectivity index (χ0n) is 15.2. The molecule has 0 bridgehead atoms. The number of rotatable bonds is 4. The Labute approximate surface area is 161 Å². The van der Waals surface area contributed by atoms with E-state index in [1.54, 1.807) is 0 Å². The van der Waals surface area contributed by atoms with Gasteiger partial charge in [0, 0.05) is 11.0 Å². The van der Waals surface area contributed by atoms with E-state index in [-0.39, 0.29) is 22.4 Å². The highest BCUT2D eigenvalue weighted by molar-refractivity contribution is 9.10. The lowest BCUT2D eigenvalue weighted by molar-refractivity contribution is -0.139. The summed E-state index contributed by atoms with van der Waals surface area (Å²) in [6, 6.07) is 3.10. The van der Waals surface area contributed by atoms with Crippen LogP contribution in [-0.2, 0) is 16.2 Å². The molecule has 1 N–H and O–H groups in total. The normalized spacial score (nSPS) is 22.4. The Morgan fingerprint density at radius 1 is 1.15 bits per heavy atom. The monoisotopic (exact) mass is 455 g/mol. The summed E-state index contributed by atoms with van der Waals surface area (Å²) in [6.07, 6.45) is -0.716. The number of benzene rings is 1. The molecular formula is C18H25BrF3NO2S. The van der Waals surface area contributed by atoms with Gasteiger partial charge in [-0.3, -0.25) is 0 Å². The Hall–Kier alpha value is -0.600. The first-order valence-electron chi connectivity index (χ1n) is 8.69. The molecule has 2 atom stereocenters. The van der Waals surface area contributed by atoms with Crippen molar-refractivity contribution in [2.45, 2.75) is 57.5 Å². The van der Waals surface area contributed by atoms with Gasteiger partial charge < -0.3 is 0 Å². The van der Waals surface area contributed by atoms with Gasteiger partial charge in [-0.1, -0.05) is 49.5 Å². The van der Waals surface area contributed by atoms with Crippen molar-refractivity contribution in [2.75, 3.05) is 6.54 Å². The third kappa shape index (κ3) is 5.23. The second kappa shape index (κ2) is 7.80. The van der Waals surface area contributed by atoms with Crippen LogP contribution in [0.15, 0.2) is 27.6 Å². The van der Waals surface area contributed by atoms with Crippen molar-refractivity contribution < 1.29 is 21.6 Å². The van der Waals surface area contributed by atoms with E-state index in [2.05, 4.69) is 41.4 Å². The summed E-state index contributed by atoms with van der Waals surface area (Å²) in [5.41, 5.74) is -1.12. The highest BCUT2D eigenvalue weighted by atomic mass is 79.9. The molecule has 0 saturated heterocycles. The Morgan fingerprint density at radius 3 is 2.35 bits per heavy atom. The van der Waals surface area contributed by atoms with Crippen LogP contribution in [0.1, 0.15) is 52.0 Å². The third-order valence-electron chi connectivity index (χ3n) is 5.09. The van der Waals surface area contributed by atoms with E-state index in [9.17, 15) is 21.6 Å². The van der Waals surface area contributed by atoms with Crippen LogP contribution in [0.3, 0.4) is 0 Å². The van der Waals surface area contributed by atoms with Crippen LogP contribution >= 0.6 is 15.9 Å². The summed E-state index contributed by atoms with van der Waals surface area (Å²) in [4.78, 5) is -0.726. The largest absolute Gasteiger partial charge is 0.417 e. The van der Waals surface area contributed by atoms with Gasteiger partial charge in [0.2, 0.25) is 10.0 Å². The van der Waals surface area contributed by atoms with Gasteiger partial charge in [0.25, 0.3) is 0 Å². The van der Waals surface area contributed by atoms with Gasteiger partial charge in [0.1, 0.15) is 0 Å². The van der Waals surface area contributed by atoms with Crippen molar-refractivity contribution in [2.24, 2.45) is 17.3 Å². The number of alkyl halides is 3. The van der Waals surface area contributed by atoms with E-state index in [4.69, 9.17) is 0 Å². The fourth-order valence-electron chi connectivity index (χ4n) is 3.84. The summed E-state index contributed by atoms with van der Waals surface area (Å²) < 4.78 is 67.6. The van der Waals surface area contributed by atoms with E-state index in [0.717, 1.165) is 37.8 Å². The van der Waals surface area contributed by atoms with E-state index >= 15 is 0 Å². The summed E-state index contributed by atoms with van der Waals surface area (Å²) >= 11 is 2.97. The minimum atomic E-state index is -4.74. The first kappa shape index (κ1) is 21.7. The van der Waals surface area contributed by atoms with E-state index < -0.39 is 26.7 Å². The maximum absolute atomic E-state index is 13.3. The molecule has 0 spiro atoms. The molecule has 148 valence electrons. The van der Waals surface area contributed by atoms with Crippen LogP contribution in [0.4, 0.5) is 13.2 Å². The Morgan fingerprint density at radius 2 is 1.77 bits per heavy atom. The van der Waals surface area contributed by atoms with Gasteiger partial charge in [-0.2, -0.15) is 13.2 Å². The zero-order valence-corrected chi connectivity index (χ0v) is 17.6. The van der Waals surface area contributed by atoms with E-state index in [1.807, 2.05) is 0 Å². The summed E-state index contributed by atoms with van der Waals surface area (Å²) in [5, 5.41) is 0. The molecule has 26 heavy (non-hydrogen) atoms. The third-order valence-corrected chi connectivity index (χ3v) is 7.07. The predicted octanol–water partition coefficient (Wildman–Crippen LogP) is 5.60. The minimum absolute atomic E-state index is 0.0330. The first-order chi connectivity index (χ1) is 11.8. The molecule has 1 saturated carbocycles. The average molecular weight is 456 g/mol. The molecule has 1 aliphatic carbocycles. The Kier molecular flexibility index (Phi) is 6.51. The Balaban J connectivity index is 2.24. The molecule has 2 unspecified atom stereocenters. The number of hydrogen-bond acceptors (Lipinski definition) is 2. The summed E-state index contributed by atoms with van der Waals surface area (Å²) in [6.45, 7) is 6.54. The predicted molar refractivity (Wildman–Crippen MR) is 99.2 cm³/mol. The minimum Gasteiger partial charge on any atom is -0.211 e. The van der Waals surface area contributed by atoms with E-state index in [1.165, 1.54) is 6.07 Å². The molecule has 0 radical (unpaired) electrons. The molecule has 0 aliphatic heterocycles. The van der Waals surface area contributed by atoms with Crippen LogP contribution < -0.4 is 4.72 Å². The summed E-state index contributed by atoms with van der Waals surface area (Å²) in [5.74, 6) is 0.467. The maximum atomic E-state index is 13.3. The van der Waals surface area contributed by atoms with Crippen molar-refractivity contribution in [3.05, 3.63) is 28.2 Å². The smallest absolute Gasteiger partial charge is 0.211 e. The van der Waals surface area contributed by atoms with Gasteiger partial charge in [-0.15, -0.1) is 0 Å². The van der Waals surface area contributed by atoms with E-state index in [0.29, 0.717) is 5.92 Å². The quantitative estimate of drug-likeness (QED) is 0.641. The number of halogens is 4. The topological polar surface area (TPSA) is 46.2 Å². The number of hydrogen-bond donors (Lipinski definition) is 1. The lowest BCUT2D eigenvalue weighted by Crippen LogP contribution is -2.39. The SMILES string of the molecule is CC(C)(C)C1CCCCC1CNS(=O)(=O)c1ccc(Br)cc1C(F)(F)F. The van der Waals surface area contributed by atoms with Crippen molar-refractivity contribution >= 4 is 26.0 Å². The molecule has 1 aromatic rings. The standard InChI is InChI=1S/C18H25BrF3NO2S/c1-17(2,3)14-7-5-4-6-12(14)11-23-26(24,25)16-9-8-13(19)10-15(16)18(20,21)22/h8-10,12,14,23H,4-7,11H2,1-3H3. The van der Waals surface area contributed by atoms with Crippen molar-refractivity contribution in [1.29, 1.82) is 0 Å². The molecular weight excluding hydrogens is 431 g/mol. The first-order valence-corrected chi connectivity index (χ1v) is 11.0. The van der Waals surface area contributed by atoms with Gasteiger partial charge in [-0.05, 0) is 48.3 Å². The lowest BCUT2D eigenvalue weighted by atomic mass is 9.66. The van der Waals surface area contributed by atoms with Crippen LogP contribution in [0.25, 0.3) is 0 Å². The molecule has 0 heterocycles. The van der Waals surface area contributed by atoms with Crippen molar-refractivity contribution in [3.63, 3.8) is 0 Å². The number of nitrogens with one attached hydrogen (secondary N) is 1. The fourth-order valence-corrected chi connectivity index (χ4v) is 5.51. The zero-order chi connectivity index (χ0) is 19.8. The highest BCUT2D eigenvalue weighted by Gasteiger charge is 2.38. The maximum Gasteiger partial charge on any atom is 0.417 e. The second-order valence-corrected chi connectivity index (χ2v) is 10.7. The molecule has 1 fully saturated rings. The van der Waals surface area contributed by atoms with Gasteiger partial charge in [0.05, 0.1) is 10.5 Å². The molecule has 1 aliphatic rings. The molecule has 8 heteroatoms. The van der Waals surface area contributed by atoms with Crippen LogP contribution in [0, 0.1) is 17.3 Å². The van der Waals surface area contributed by atoms with Crippen molar-refractivity contribution in [1.82, 2.24) is 4.72 Å². The molecule has 0 amide bonds. The van der Waals surface area contributed by atoms with Gasteiger partial charge in [0.15, 0.2) is 0 Å². The molecule has 2 rings (SSSR count). The lowest BCUT2D eigenvalue weighted by Gasteiger charge is -2.40. The summed E-state index contributed by atoms with van der Waals surface area (Å²) in [7, 11) is -4.25.